The molecule has 0 aliphatic heterocycles. The smallest absolute Gasteiger partial charge is 0.250 e. The maximum absolute atomic E-state index is 12.7. The zero-order valence-corrected chi connectivity index (χ0v) is 18.6. The van der Waals surface area contributed by atoms with Crippen molar-refractivity contribution in [3.63, 3.8) is 0 Å². The fraction of sp³-hybridized carbons (Fsp3) is 0.368. The molecule has 0 saturated carbocycles. The Morgan fingerprint density at radius 3 is 2.62 bits per heavy atom. The molecule has 1 amide bonds. The minimum Gasteiger partial charge on any atom is -0.323 e. The van der Waals surface area contributed by atoms with Gasteiger partial charge >= 0.3 is 0 Å². The molecule has 0 spiro atoms. The van der Waals surface area contributed by atoms with E-state index in [4.69, 9.17) is 11.6 Å². The Labute approximate surface area is 179 Å². The van der Waals surface area contributed by atoms with Gasteiger partial charge in [-0.1, -0.05) is 29.8 Å². The highest BCUT2D eigenvalue weighted by Crippen LogP contribution is 2.16. The number of hydrogen-bond donors (Lipinski definition) is 2. The molecule has 0 bridgehead atoms. The fourth-order valence-electron chi connectivity index (χ4n) is 2.55. The van der Waals surface area contributed by atoms with Crippen LogP contribution in [-0.4, -0.2) is 42.7 Å². The molecule has 1 heterocycles. The number of nitrogens with one attached hydrogen (secondary N) is 2. The lowest BCUT2D eigenvalue weighted by molar-refractivity contribution is -0.117. The number of amides is 1. The van der Waals surface area contributed by atoms with E-state index in [9.17, 15) is 18.0 Å². The molecule has 2 aromatic rings. The molecule has 0 saturated heterocycles. The summed E-state index contributed by atoms with van der Waals surface area (Å²) in [6.45, 7) is 1.76. The van der Waals surface area contributed by atoms with Crippen LogP contribution in [0.5, 0.6) is 0 Å². The van der Waals surface area contributed by atoms with Crippen molar-refractivity contribution < 1.29 is 13.2 Å². The van der Waals surface area contributed by atoms with Crippen molar-refractivity contribution in [2.24, 2.45) is 0 Å². The van der Waals surface area contributed by atoms with Crippen LogP contribution in [0, 0.1) is 0 Å². The molecule has 29 heavy (non-hydrogen) atoms. The number of thioether (sulfide) groups is 1. The van der Waals surface area contributed by atoms with Gasteiger partial charge in [0.2, 0.25) is 15.9 Å². The molecule has 2 N–H and O–H groups in total. The van der Waals surface area contributed by atoms with E-state index < -0.39 is 22.0 Å². The molecule has 0 radical (unpaired) electrons. The molecule has 158 valence electrons. The number of rotatable bonds is 10. The quantitative estimate of drug-likeness (QED) is 0.571. The van der Waals surface area contributed by atoms with Crippen molar-refractivity contribution >= 4 is 45.0 Å². The summed E-state index contributed by atoms with van der Waals surface area (Å²) in [5.41, 5.74) is 0.924. The number of pyridine rings is 1. The normalized spacial score (nSPS) is 12.5. The van der Waals surface area contributed by atoms with Crippen molar-refractivity contribution in [1.82, 2.24) is 9.29 Å². The summed E-state index contributed by atoms with van der Waals surface area (Å²) < 4.78 is 27.7. The van der Waals surface area contributed by atoms with E-state index in [0.29, 0.717) is 22.9 Å². The third-order valence-corrected chi connectivity index (χ3v) is 6.59. The van der Waals surface area contributed by atoms with Crippen molar-refractivity contribution in [3.05, 3.63) is 63.5 Å². The Bertz CT molecular complexity index is 1010. The third-order valence-electron chi connectivity index (χ3n) is 4.18. The molecule has 2 rings (SSSR count). The molecular weight excluding hydrogens is 434 g/mol. The van der Waals surface area contributed by atoms with E-state index in [2.05, 4.69) is 10.0 Å². The lowest BCUT2D eigenvalue weighted by atomic mass is 10.2. The van der Waals surface area contributed by atoms with Gasteiger partial charge in [-0.05, 0) is 43.0 Å². The molecule has 0 aliphatic carbocycles. The van der Waals surface area contributed by atoms with Gasteiger partial charge in [0.05, 0.1) is 18.0 Å². The van der Waals surface area contributed by atoms with E-state index in [-0.39, 0.29) is 17.9 Å². The zero-order valence-electron chi connectivity index (χ0n) is 16.2. The molecule has 1 aromatic carbocycles. The van der Waals surface area contributed by atoms with Crippen LogP contribution >= 0.6 is 23.4 Å². The predicted octanol–water partition coefficient (Wildman–Crippen LogP) is 2.55. The number of carbonyl (C=O) groups excluding carboxylic acids is 1. The average molecular weight is 458 g/mol. The highest BCUT2D eigenvalue weighted by molar-refractivity contribution is 7.98. The summed E-state index contributed by atoms with van der Waals surface area (Å²) >= 11 is 7.69. The SMILES string of the molecule is CCS(=O)(=O)NC(CCSC)C(=O)Nc1ccc(=O)n(Cc2ccccc2Cl)c1. The van der Waals surface area contributed by atoms with Crippen LogP contribution in [0.25, 0.3) is 0 Å². The van der Waals surface area contributed by atoms with E-state index in [1.807, 2.05) is 18.4 Å². The lowest BCUT2D eigenvalue weighted by Crippen LogP contribution is -2.44. The Morgan fingerprint density at radius 1 is 1.24 bits per heavy atom. The molecule has 7 nitrogen and oxygen atoms in total. The predicted molar refractivity (Wildman–Crippen MR) is 119 cm³/mol. The van der Waals surface area contributed by atoms with Gasteiger partial charge in [0.1, 0.15) is 6.04 Å². The standard InChI is InChI=1S/C19H24ClN3O4S2/c1-3-29(26,27)22-17(10-11-28-2)19(25)21-15-8-9-18(24)23(13-15)12-14-6-4-5-7-16(14)20/h4-9,13,17,22H,3,10-12H2,1-2H3,(H,21,25). The lowest BCUT2D eigenvalue weighted by Gasteiger charge is -2.18. The Hall–Kier alpha value is -1.81. The van der Waals surface area contributed by atoms with E-state index in [0.717, 1.165) is 5.56 Å². The summed E-state index contributed by atoms with van der Waals surface area (Å²) in [6, 6.07) is 9.13. The fourth-order valence-corrected chi connectivity index (χ4v) is 4.04. The molecule has 0 aliphatic rings. The van der Waals surface area contributed by atoms with Gasteiger partial charge in [0.25, 0.3) is 5.56 Å². The third kappa shape index (κ3) is 7.18. The van der Waals surface area contributed by atoms with Crippen molar-refractivity contribution in [2.75, 3.05) is 23.1 Å². The Kier molecular flexibility index (Phi) is 8.76. The number of carbonyl (C=O) groups is 1. The molecule has 1 unspecified atom stereocenters. The summed E-state index contributed by atoms with van der Waals surface area (Å²) in [7, 11) is -3.54. The van der Waals surface area contributed by atoms with Gasteiger partial charge in [0, 0.05) is 17.3 Å². The van der Waals surface area contributed by atoms with Crippen molar-refractivity contribution in [2.45, 2.75) is 25.9 Å². The first-order chi connectivity index (χ1) is 13.8. The van der Waals surface area contributed by atoms with E-state index >= 15 is 0 Å². The van der Waals surface area contributed by atoms with Crippen molar-refractivity contribution in [3.8, 4) is 0 Å². The van der Waals surface area contributed by atoms with Crippen LogP contribution in [0.2, 0.25) is 5.02 Å². The maximum atomic E-state index is 12.7. The molecule has 1 atom stereocenters. The minimum atomic E-state index is -3.54. The van der Waals surface area contributed by atoms with Crippen LogP contribution in [0.15, 0.2) is 47.4 Å². The molecule has 10 heteroatoms. The number of hydrogen-bond acceptors (Lipinski definition) is 5. The molecule has 0 fully saturated rings. The average Bonchev–Trinajstić information content (AvgIpc) is 2.69. The highest BCUT2D eigenvalue weighted by Gasteiger charge is 2.23. The van der Waals surface area contributed by atoms with Gasteiger partial charge < -0.3 is 9.88 Å². The zero-order chi connectivity index (χ0) is 21.4. The summed E-state index contributed by atoms with van der Waals surface area (Å²) in [5.74, 6) is 0.0359. The van der Waals surface area contributed by atoms with Gasteiger partial charge in [-0.2, -0.15) is 11.8 Å². The van der Waals surface area contributed by atoms with Crippen molar-refractivity contribution in [1.29, 1.82) is 0 Å². The summed E-state index contributed by atoms with van der Waals surface area (Å²) in [4.78, 5) is 24.9. The highest BCUT2D eigenvalue weighted by atomic mass is 35.5. The van der Waals surface area contributed by atoms with Crippen LogP contribution < -0.4 is 15.6 Å². The second-order valence-electron chi connectivity index (χ2n) is 6.32. The second kappa shape index (κ2) is 10.8. The first-order valence-electron chi connectivity index (χ1n) is 8.99. The minimum absolute atomic E-state index is 0.112. The largest absolute Gasteiger partial charge is 0.323 e. The first-order valence-corrected chi connectivity index (χ1v) is 12.4. The van der Waals surface area contributed by atoms with Crippen LogP contribution in [-0.2, 0) is 21.4 Å². The first kappa shape index (κ1) is 23.5. The molecular formula is C19H24ClN3O4S2. The maximum Gasteiger partial charge on any atom is 0.250 e. The summed E-state index contributed by atoms with van der Waals surface area (Å²) in [6.07, 6.45) is 3.75. The molecule has 1 aromatic heterocycles. The number of halogens is 1. The Balaban J connectivity index is 2.19. The Morgan fingerprint density at radius 2 is 1.97 bits per heavy atom. The van der Waals surface area contributed by atoms with Crippen LogP contribution in [0.4, 0.5) is 5.69 Å². The second-order valence-corrected chi connectivity index (χ2v) is 9.76. The number of aromatic nitrogens is 1. The van der Waals surface area contributed by atoms with Gasteiger partial charge in [0.15, 0.2) is 0 Å². The number of benzene rings is 1. The van der Waals surface area contributed by atoms with Crippen LogP contribution in [0.1, 0.15) is 18.9 Å². The van der Waals surface area contributed by atoms with Crippen LogP contribution in [0.3, 0.4) is 0 Å². The summed E-state index contributed by atoms with van der Waals surface area (Å²) in [5, 5.41) is 3.24. The number of anilines is 1. The van der Waals surface area contributed by atoms with Gasteiger partial charge in [-0.3, -0.25) is 9.59 Å². The monoisotopic (exact) mass is 457 g/mol. The van der Waals surface area contributed by atoms with E-state index in [1.54, 1.807) is 12.1 Å². The number of nitrogens with zero attached hydrogens (tertiary/aromatic N) is 1. The van der Waals surface area contributed by atoms with Gasteiger partial charge in [-0.25, -0.2) is 13.1 Å². The van der Waals surface area contributed by atoms with E-state index in [1.165, 1.54) is 41.6 Å². The van der Waals surface area contributed by atoms with Gasteiger partial charge in [-0.15, -0.1) is 0 Å². The number of sulfonamides is 1. The topological polar surface area (TPSA) is 97.3 Å².